The number of likely N-dealkylation sites (tertiary alicyclic amines) is 1. The largest absolute Gasteiger partial charge is 0.342 e. The van der Waals surface area contributed by atoms with Gasteiger partial charge < -0.3 is 10.2 Å². The second-order valence-corrected chi connectivity index (χ2v) is 6.57. The van der Waals surface area contributed by atoms with Crippen LogP contribution in [0.5, 0.6) is 0 Å². The van der Waals surface area contributed by atoms with Crippen LogP contribution in [0.4, 0.5) is 11.6 Å². The summed E-state index contributed by atoms with van der Waals surface area (Å²) in [6.45, 7) is 5.52. The summed E-state index contributed by atoms with van der Waals surface area (Å²) in [5, 5.41) is 3.23. The molecule has 1 fully saturated rings. The maximum absolute atomic E-state index is 12.3. The number of anilines is 2. The Bertz CT molecular complexity index is 687. The molecule has 2 heterocycles. The van der Waals surface area contributed by atoms with Crippen LogP contribution in [0.2, 0.25) is 0 Å². The first-order valence-corrected chi connectivity index (χ1v) is 8.57. The number of benzene rings is 1. The Morgan fingerprint density at radius 1 is 1.25 bits per heavy atom. The lowest BCUT2D eigenvalue weighted by Crippen LogP contribution is -2.41. The summed E-state index contributed by atoms with van der Waals surface area (Å²) in [5.74, 6) is 1.16. The van der Waals surface area contributed by atoms with E-state index >= 15 is 0 Å². The molecule has 0 bridgehead atoms. The molecule has 3 rings (SSSR count). The second-order valence-electron chi connectivity index (χ2n) is 6.57. The molecular formula is C19H24N4O. The van der Waals surface area contributed by atoms with E-state index in [0.717, 1.165) is 37.3 Å². The number of hydrogen-bond donors (Lipinski definition) is 1. The standard InChI is InChI=1S/C19H24N4O/c1-14(2)18(24)23-12-6-7-15(13-23)17-10-11-20-19(22-17)21-16-8-4-3-5-9-16/h3-5,8-11,14-15H,6-7,12-13H2,1-2H3,(H,20,21,22). The van der Waals surface area contributed by atoms with E-state index in [9.17, 15) is 4.79 Å². The highest BCUT2D eigenvalue weighted by Crippen LogP contribution is 2.27. The average Bonchev–Trinajstić information content (AvgIpc) is 2.62. The normalized spacial score (nSPS) is 17.8. The lowest BCUT2D eigenvalue weighted by atomic mass is 9.94. The molecule has 1 amide bonds. The number of piperidine rings is 1. The molecule has 0 aliphatic carbocycles. The van der Waals surface area contributed by atoms with Gasteiger partial charge in [-0.25, -0.2) is 9.97 Å². The van der Waals surface area contributed by atoms with Crippen molar-refractivity contribution in [3.63, 3.8) is 0 Å². The van der Waals surface area contributed by atoms with Gasteiger partial charge in [-0.15, -0.1) is 0 Å². The van der Waals surface area contributed by atoms with Gasteiger partial charge in [0, 0.05) is 36.8 Å². The number of nitrogens with zero attached hydrogens (tertiary/aromatic N) is 3. The molecule has 1 aromatic heterocycles. The molecule has 0 radical (unpaired) electrons. The van der Waals surface area contributed by atoms with E-state index in [1.54, 1.807) is 6.20 Å². The molecule has 1 aromatic carbocycles. The van der Waals surface area contributed by atoms with E-state index in [1.165, 1.54) is 0 Å². The van der Waals surface area contributed by atoms with Gasteiger partial charge in [-0.3, -0.25) is 4.79 Å². The number of amides is 1. The third-order valence-corrected chi connectivity index (χ3v) is 4.35. The first-order valence-electron chi connectivity index (χ1n) is 8.57. The van der Waals surface area contributed by atoms with Crippen LogP contribution in [0.25, 0.3) is 0 Å². The molecule has 1 saturated heterocycles. The molecule has 126 valence electrons. The van der Waals surface area contributed by atoms with Crippen LogP contribution in [0.15, 0.2) is 42.6 Å². The van der Waals surface area contributed by atoms with E-state index in [2.05, 4.69) is 15.3 Å². The van der Waals surface area contributed by atoms with E-state index < -0.39 is 0 Å². The molecular weight excluding hydrogens is 300 g/mol. The molecule has 24 heavy (non-hydrogen) atoms. The number of nitrogens with one attached hydrogen (secondary N) is 1. The van der Waals surface area contributed by atoms with Gasteiger partial charge in [-0.05, 0) is 31.0 Å². The summed E-state index contributed by atoms with van der Waals surface area (Å²) >= 11 is 0. The average molecular weight is 324 g/mol. The van der Waals surface area contributed by atoms with Gasteiger partial charge in [-0.2, -0.15) is 0 Å². The highest BCUT2D eigenvalue weighted by Gasteiger charge is 2.26. The molecule has 1 aliphatic rings. The molecule has 0 saturated carbocycles. The highest BCUT2D eigenvalue weighted by atomic mass is 16.2. The molecule has 5 heteroatoms. The Kier molecular flexibility index (Phi) is 5.08. The monoisotopic (exact) mass is 324 g/mol. The van der Waals surface area contributed by atoms with Crippen molar-refractivity contribution in [2.24, 2.45) is 5.92 Å². The maximum atomic E-state index is 12.3. The van der Waals surface area contributed by atoms with Gasteiger partial charge in [0.1, 0.15) is 0 Å². The second kappa shape index (κ2) is 7.43. The van der Waals surface area contributed by atoms with Crippen LogP contribution in [0.3, 0.4) is 0 Å². The number of para-hydroxylation sites is 1. The molecule has 5 nitrogen and oxygen atoms in total. The third-order valence-electron chi connectivity index (χ3n) is 4.35. The Morgan fingerprint density at radius 3 is 2.79 bits per heavy atom. The fourth-order valence-corrected chi connectivity index (χ4v) is 3.09. The SMILES string of the molecule is CC(C)C(=O)N1CCCC(c2ccnc(Nc3ccccc3)n2)C1. The summed E-state index contributed by atoms with van der Waals surface area (Å²) < 4.78 is 0. The van der Waals surface area contributed by atoms with Crippen LogP contribution in [-0.2, 0) is 4.79 Å². The van der Waals surface area contributed by atoms with Crippen molar-refractivity contribution in [3.05, 3.63) is 48.3 Å². The number of carbonyl (C=O) groups excluding carboxylic acids is 1. The van der Waals surface area contributed by atoms with Crippen LogP contribution in [0, 0.1) is 5.92 Å². The zero-order chi connectivity index (χ0) is 16.9. The van der Waals surface area contributed by atoms with E-state index in [4.69, 9.17) is 0 Å². The summed E-state index contributed by atoms with van der Waals surface area (Å²) in [7, 11) is 0. The molecule has 0 spiro atoms. The number of rotatable bonds is 4. The predicted octanol–water partition coefficient (Wildman–Crippen LogP) is 3.58. The van der Waals surface area contributed by atoms with Crippen LogP contribution < -0.4 is 5.32 Å². The third kappa shape index (κ3) is 3.91. The van der Waals surface area contributed by atoms with E-state index in [1.807, 2.05) is 55.1 Å². The van der Waals surface area contributed by atoms with Crippen molar-refractivity contribution in [1.29, 1.82) is 0 Å². The fourth-order valence-electron chi connectivity index (χ4n) is 3.09. The van der Waals surface area contributed by atoms with Crippen molar-refractivity contribution in [3.8, 4) is 0 Å². The van der Waals surface area contributed by atoms with Gasteiger partial charge in [0.25, 0.3) is 0 Å². The number of carbonyl (C=O) groups is 1. The number of aromatic nitrogens is 2. The van der Waals surface area contributed by atoms with Crippen molar-refractivity contribution in [1.82, 2.24) is 14.9 Å². The molecule has 1 aliphatic heterocycles. The molecule has 2 aromatic rings. The zero-order valence-corrected chi connectivity index (χ0v) is 14.3. The maximum Gasteiger partial charge on any atom is 0.227 e. The van der Waals surface area contributed by atoms with Crippen molar-refractivity contribution in [2.75, 3.05) is 18.4 Å². The van der Waals surface area contributed by atoms with Crippen LogP contribution in [0.1, 0.15) is 38.3 Å². The Balaban J connectivity index is 1.72. The van der Waals surface area contributed by atoms with Gasteiger partial charge >= 0.3 is 0 Å². The lowest BCUT2D eigenvalue weighted by Gasteiger charge is -2.33. The number of hydrogen-bond acceptors (Lipinski definition) is 4. The van der Waals surface area contributed by atoms with E-state index in [-0.39, 0.29) is 17.7 Å². The van der Waals surface area contributed by atoms with Crippen LogP contribution in [-0.4, -0.2) is 33.9 Å². The van der Waals surface area contributed by atoms with Crippen molar-refractivity contribution < 1.29 is 4.79 Å². The minimum absolute atomic E-state index is 0.0458. The van der Waals surface area contributed by atoms with Gasteiger partial charge in [0.15, 0.2) is 0 Å². The Hall–Kier alpha value is -2.43. The summed E-state index contributed by atoms with van der Waals surface area (Å²) in [5.41, 5.74) is 1.97. The molecule has 1 atom stereocenters. The Labute approximate surface area is 143 Å². The van der Waals surface area contributed by atoms with Crippen molar-refractivity contribution >= 4 is 17.5 Å². The fraction of sp³-hybridized carbons (Fsp3) is 0.421. The highest BCUT2D eigenvalue weighted by molar-refractivity contribution is 5.78. The quantitative estimate of drug-likeness (QED) is 0.934. The van der Waals surface area contributed by atoms with Crippen molar-refractivity contribution in [2.45, 2.75) is 32.6 Å². The van der Waals surface area contributed by atoms with E-state index in [0.29, 0.717) is 5.95 Å². The predicted molar refractivity (Wildman–Crippen MR) is 95.1 cm³/mol. The zero-order valence-electron chi connectivity index (χ0n) is 14.3. The smallest absolute Gasteiger partial charge is 0.227 e. The summed E-state index contributed by atoms with van der Waals surface area (Å²) in [4.78, 5) is 23.2. The summed E-state index contributed by atoms with van der Waals surface area (Å²) in [6, 6.07) is 11.9. The first kappa shape index (κ1) is 16.4. The van der Waals surface area contributed by atoms with Gasteiger partial charge in [0.05, 0.1) is 5.69 Å². The first-order chi connectivity index (χ1) is 11.6. The minimum Gasteiger partial charge on any atom is -0.342 e. The van der Waals surface area contributed by atoms with Gasteiger partial charge in [0.2, 0.25) is 11.9 Å². The van der Waals surface area contributed by atoms with Gasteiger partial charge in [-0.1, -0.05) is 32.0 Å². The van der Waals surface area contributed by atoms with Crippen LogP contribution >= 0.6 is 0 Å². The Morgan fingerprint density at radius 2 is 2.04 bits per heavy atom. The minimum atomic E-state index is 0.0458. The molecule has 1 unspecified atom stereocenters. The lowest BCUT2D eigenvalue weighted by molar-refractivity contribution is -0.135. The molecule has 1 N–H and O–H groups in total. The topological polar surface area (TPSA) is 58.1 Å². The summed E-state index contributed by atoms with van der Waals surface area (Å²) in [6.07, 6.45) is 3.87.